The van der Waals surface area contributed by atoms with Crippen molar-refractivity contribution in [2.45, 2.75) is 19.3 Å². The normalized spacial score (nSPS) is 18.2. The van der Waals surface area contributed by atoms with E-state index in [1.54, 1.807) is 11.3 Å². The van der Waals surface area contributed by atoms with Crippen LogP contribution in [-0.2, 0) is 4.79 Å². The monoisotopic (exact) mass is 366 g/mol. The van der Waals surface area contributed by atoms with Crippen LogP contribution in [0.2, 0.25) is 0 Å². The van der Waals surface area contributed by atoms with Crippen LogP contribution in [-0.4, -0.2) is 55.1 Å². The van der Waals surface area contributed by atoms with Gasteiger partial charge in [0.05, 0.1) is 6.54 Å². The summed E-state index contributed by atoms with van der Waals surface area (Å²) in [4.78, 5) is 20.8. The van der Waals surface area contributed by atoms with Gasteiger partial charge >= 0.3 is 0 Å². The van der Waals surface area contributed by atoms with Crippen LogP contribution in [0.5, 0.6) is 0 Å². The van der Waals surface area contributed by atoms with Crippen LogP contribution in [0.1, 0.15) is 19.3 Å². The quantitative estimate of drug-likeness (QED) is 0.865. The fourth-order valence-corrected chi connectivity index (χ4v) is 3.24. The van der Waals surface area contributed by atoms with E-state index in [1.807, 2.05) is 16.5 Å². The topological polar surface area (TPSA) is 48.5 Å². The average molecular weight is 367 g/mol. The number of carbonyl (C=O) groups excluding carboxylic acids is 1. The first kappa shape index (κ1) is 19.5. The molecule has 5 nitrogen and oxygen atoms in total. The molecular weight excluding hydrogens is 343 g/mol. The van der Waals surface area contributed by atoms with Crippen molar-refractivity contribution in [2.75, 3.05) is 44.2 Å². The lowest BCUT2D eigenvalue weighted by Crippen LogP contribution is -2.40. The van der Waals surface area contributed by atoms with Crippen molar-refractivity contribution in [3.63, 3.8) is 0 Å². The van der Waals surface area contributed by atoms with Crippen molar-refractivity contribution in [2.24, 2.45) is 5.92 Å². The Hall–Kier alpha value is -0.560. The van der Waals surface area contributed by atoms with E-state index in [0.717, 1.165) is 50.2 Å². The number of carbonyl (C=O) groups is 1. The van der Waals surface area contributed by atoms with Gasteiger partial charge in [0, 0.05) is 37.8 Å². The number of anilines is 1. The molecule has 2 heterocycles. The molecule has 0 radical (unpaired) electrons. The summed E-state index contributed by atoms with van der Waals surface area (Å²) in [5.74, 6) is 1.07. The Balaban J connectivity index is 0.00000121. The van der Waals surface area contributed by atoms with Gasteiger partial charge in [-0.1, -0.05) is 0 Å². The van der Waals surface area contributed by atoms with Crippen molar-refractivity contribution >= 4 is 47.2 Å². The highest BCUT2D eigenvalue weighted by atomic mass is 35.5. The predicted octanol–water partition coefficient (Wildman–Crippen LogP) is 2.02. The highest BCUT2D eigenvalue weighted by molar-refractivity contribution is 7.13. The number of nitrogens with zero attached hydrogens (tertiary/aromatic N) is 3. The first-order chi connectivity index (χ1) is 9.83. The molecule has 0 bridgehead atoms. The molecule has 2 fully saturated rings. The molecule has 0 unspecified atom stereocenters. The maximum Gasteiger partial charge on any atom is 0.236 e. The van der Waals surface area contributed by atoms with Gasteiger partial charge in [-0.25, -0.2) is 4.98 Å². The third-order valence-electron chi connectivity index (χ3n) is 3.94. The van der Waals surface area contributed by atoms with E-state index in [9.17, 15) is 4.79 Å². The number of hydrogen-bond donors (Lipinski definition) is 1. The van der Waals surface area contributed by atoms with Gasteiger partial charge in [-0.15, -0.1) is 36.2 Å². The Kier molecular flexibility index (Phi) is 8.46. The lowest BCUT2D eigenvalue weighted by Gasteiger charge is -2.21. The van der Waals surface area contributed by atoms with E-state index < -0.39 is 0 Å². The molecule has 126 valence electrons. The highest BCUT2D eigenvalue weighted by Gasteiger charge is 2.23. The molecule has 3 rings (SSSR count). The van der Waals surface area contributed by atoms with Gasteiger partial charge in [-0.2, -0.15) is 0 Å². The second kappa shape index (κ2) is 9.55. The third-order valence-corrected chi connectivity index (χ3v) is 4.78. The van der Waals surface area contributed by atoms with E-state index >= 15 is 0 Å². The summed E-state index contributed by atoms with van der Waals surface area (Å²) >= 11 is 1.67. The average Bonchev–Trinajstić information content (AvgIpc) is 3.18. The fourth-order valence-electron chi connectivity index (χ4n) is 2.55. The maximum atomic E-state index is 12.2. The zero-order valence-electron chi connectivity index (χ0n) is 12.6. The zero-order chi connectivity index (χ0) is 13.8. The number of rotatable bonds is 5. The number of amides is 1. The summed E-state index contributed by atoms with van der Waals surface area (Å²) < 4.78 is 0. The van der Waals surface area contributed by atoms with Gasteiger partial charge < -0.3 is 15.1 Å². The van der Waals surface area contributed by atoms with Gasteiger partial charge in [0.15, 0.2) is 5.13 Å². The van der Waals surface area contributed by atoms with Crippen LogP contribution in [0, 0.1) is 5.92 Å². The Bertz CT molecular complexity index is 442. The van der Waals surface area contributed by atoms with Gasteiger partial charge in [-0.3, -0.25) is 4.79 Å². The molecule has 0 atom stereocenters. The molecule has 8 heteroatoms. The molecule has 1 saturated heterocycles. The van der Waals surface area contributed by atoms with Crippen molar-refractivity contribution in [1.82, 2.24) is 15.2 Å². The van der Waals surface area contributed by atoms with Gasteiger partial charge in [0.2, 0.25) is 5.91 Å². The second-order valence-corrected chi connectivity index (χ2v) is 6.48. The Morgan fingerprint density at radius 3 is 2.77 bits per heavy atom. The fraction of sp³-hybridized carbons (Fsp3) is 0.714. The highest BCUT2D eigenvalue weighted by Crippen LogP contribution is 2.27. The van der Waals surface area contributed by atoms with Crippen LogP contribution in [0.15, 0.2) is 11.6 Å². The smallest absolute Gasteiger partial charge is 0.236 e. The first-order valence-corrected chi connectivity index (χ1v) is 8.34. The molecule has 1 aliphatic heterocycles. The van der Waals surface area contributed by atoms with Crippen LogP contribution in [0.25, 0.3) is 0 Å². The molecule has 1 amide bonds. The van der Waals surface area contributed by atoms with Gasteiger partial charge in [-0.05, 0) is 31.7 Å². The minimum atomic E-state index is 0. The molecule has 1 aliphatic carbocycles. The molecule has 1 saturated carbocycles. The van der Waals surface area contributed by atoms with E-state index in [-0.39, 0.29) is 30.7 Å². The standard InChI is InChI=1S/C14H22N4OS.2ClH/c19-13(11-15-10-12-2-3-12)17-5-1-6-18(8-7-17)14-16-4-9-20-14;;/h4,9,12,15H,1-3,5-8,10-11H2;2*1H. The predicted molar refractivity (Wildman–Crippen MR) is 95.6 cm³/mol. The number of aromatic nitrogens is 1. The van der Waals surface area contributed by atoms with Crippen LogP contribution in [0.4, 0.5) is 5.13 Å². The van der Waals surface area contributed by atoms with Crippen molar-refractivity contribution < 1.29 is 4.79 Å². The molecule has 1 N–H and O–H groups in total. The van der Waals surface area contributed by atoms with Crippen LogP contribution >= 0.6 is 36.2 Å². The van der Waals surface area contributed by atoms with Gasteiger partial charge in [0.25, 0.3) is 0 Å². The van der Waals surface area contributed by atoms with Crippen molar-refractivity contribution in [3.05, 3.63) is 11.6 Å². The third kappa shape index (κ3) is 5.57. The summed E-state index contributed by atoms with van der Waals surface area (Å²) in [7, 11) is 0. The Morgan fingerprint density at radius 2 is 2.09 bits per heavy atom. The lowest BCUT2D eigenvalue weighted by molar-refractivity contribution is -0.130. The Morgan fingerprint density at radius 1 is 1.27 bits per heavy atom. The number of nitrogens with one attached hydrogen (secondary N) is 1. The lowest BCUT2D eigenvalue weighted by atomic mass is 10.3. The first-order valence-electron chi connectivity index (χ1n) is 7.46. The van der Waals surface area contributed by atoms with E-state index in [4.69, 9.17) is 0 Å². The second-order valence-electron chi connectivity index (χ2n) is 5.61. The van der Waals surface area contributed by atoms with E-state index in [1.165, 1.54) is 12.8 Å². The minimum Gasteiger partial charge on any atom is -0.346 e. The number of halogens is 2. The molecule has 0 aromatic carbocycles. The molecule has 0 spiro atoms. The molecule has 22 heavy (non-hydrogen) atoms. The number of thiazole rings is 1. The minimum absolute atomic E-state index is 0. The summed E-state index contributed by atoms with van der Waals surface area (Å²) in [5, 5.41) is 6.37. The number of hydrogen-bond acceptors (Lipinski definition) is 5. The molecule has 1 aromatic heterocycles. The SMILES string of the molecule is Cl.Cl.O=C(CNCC1CC1)N1CCCN(c2nccs2)CC1. The largest absolute Gasteiger partial charge is 0.346 e. The molecule has 2 aliphatic rings. The zero-order valence-corrected chi connectivity index (χ0v) is 15.0. The summed E-state index contributed by atoms with van der Waals surface area (Å²) in [6.07, 6.45) is 5.52. The Labute approximate surface area is 148 Å². The molecular formula is C14H24Cl2N4OS. The van der Waals surface area contributed by atoms with E-state index in [0.29, 0.717) is 6.54 Å². The van der Waals surface area contributed by atoms with E-state index in [2.05, 4.69) is 15.2 Å². The van der Waals surface area contributed by atoms with Gasteiger partial charge in [0.1, 0.15) is 0 Å². The maximum absolute atomic E-state index is 12.2. The molecule has 1 aromatic rings. The summed E-state index contributed by atoms with van der Waals surface area (Å²) in [6, 6.07) is 0. The summed E-state index contributed by atoms with van der Waals surface area (Å²) in [5.41, 5.74) is 0. The van der Waals surface area contributed by atoms with Crippen LogP contribution in [0.3, 0.4) is 0 Å². The van der Waals surface area contributed by atoms with Crippen molar-refractivity contribution in [3.8, 4) is 0 Å². The van der Waals surface area contributed by atoms with Crippen molar-refractivity contribution in [1.29, 1.82) is 0 Å². The summed E-state index contributed by atoms with van der Waals surface area (Å²) in [6.45, 7) is 5.06. The van der Waals surface area contributed by atoms with Crippen LogP contribution < -0.4 is 10.2 Å².